The summed E-state index contributed by atoms with van der Waals surface area (Å²) in [5.74, 6) is -1.24. The lowest BCUT2D eigenvalue weighted by atomic mass is 9.76. The zero-order chi connectivity index (χ0) is 15.0. The summed E-state index contributed by atoms with van der Waals surface area (Å²) in [7, 11) is 0. The number of benzene rings is 1. The van der Waals surface area contributed by atoms with Gasteiger partial charge in [-0.05, 0) is 34.4 Å². The van der Waals surface area contributed by atoms with Crippen LogP contribution in [0.3, 0.4) is 0 Å². The second kappa shape index (κ2) is 4.99. The molecule has 0 aliphatic rings. The minimum absolute atomic E-state index is 0.0553. The first-order chi connectivity index (χ1) is 8.44. The van der Waals surface area contributed by atoms with Crippen LogP contribution in [0.4, 0.5) is 0 Å². The predicted molar refractivity (Wildman–Crippen MR) is 79.9 cm³/mol. The van der Waals surface area contributed by atoms with E-state index in [1.807, 2.05) is 6.07 Å². The summed E-state index contributed by atoms with van der Waals surface area (Å²) in [5, 5.41) is 9.25. The summed E-state index contributed by atoms with van der Waals surface area (Å²) in [6, 6.07) is 6.22. The summed E-state index contributed by atoms with van der Waals surface area (Å²) < 4.78 is 0. The molecule has 1 atom stereocenters. The van der Waals surface area contributed by atoms with Crippen molar-refractivity contribution in [2.75, 3.05) is 0 Å². The maximum atomic E-state index is 11.3. The van der Waals surface area contributed by atoms with Crippen LogP contribution < -0.4 is 0 Å². The lowest BCUT2D eigenvalue weighted by molar-refractivity contribution is -0.138. The summed E-state index contributed by atoms with van der Waals surface area (Å²) in [4.78, 5) is 11.3. The van der Waals surface area contributed by atoms with Crippen molar-refractivity contribution in [2.45, 2.75) is 65.2 Å². The molecule has 0 fully saturated rings. The first kappa shape index (κ1) is 15.7. The predicted octanol–water partition coefficient (Wildman–Crippen LogP) is 4.47. The quantitative estimate of drug-likeness (QED) is 0.853. The Bertz CT molecular complexity index is 473. The van der Waals surface area contributed by atoms with Crippen LogP contribution >= 0.6 is 0 Å². The first-order valence-electron chi connectivity index (χ1n) is 6.82. The van der Waals surface area contributed by atoms with Crippen LogP contribution in [0.1, 0.15) is 71.1 Å². The van der Waals surface area contributed by atoms with Gasteiger partial charge in [-0.25, -0.2) is 0 Å². The Kier molecular flexibility index (Phi) is 4.14. The van der Waals surface area contributed by atoms with Gasteiger partial charge in [0.2, 0.25) is 0 Å². The summed E-state index contributed by atoms with van der Waals surface area (Å²) in [6.07, 6.45) is 0. The molecule has 1 unspecified atom stereocenters. The number of carboxylic acid groups (broad SMARTS) is 1. The number of hydrogen-bond donors (Lipinski definition) is 1. The summed E-state index contributed by atoms with van der Waals surface area (Å²) in [5.41, 5.74) is 3.33. The summed E-state index contributed by atoms with van der Waals surface area (Å²) in [6.45, 7) is 14.7. The second-order valence-corrected chi connectivity index (χ2v) is 7.36. The van der Waals surface area contributed by atoms with E-state index in [1.54, 1.807) is 6.92 Å². The van der Waals surface area contributed by atoms with E-state index in [9.17, 15) is 9.90 Å². The zero-order valence-corrected chi connectivity index (χ0v) is 13.2. The Balaban J connectivity index is 3.46. The molecule has 0 bridgehead atoms. The van der Waals surface area contributed by atoms with Crippen LogP contribution in [-0.4, -0.2) is 11.1 Å². The molecule has 2 heteroatoms. The van der Waals surface area contributed by atoms with Crippen molar-refractivity contribution in [3.63, 3.8) is 0 Å². The highest BCUT2D eigenvalue weighted by Gasteiger charge is 2.26. The number of hydrogen-bond acceptors (Lipinski definition) is 1. The van der Waals surface area contributed by atoms with Gasteiger partial charge in [-0.1, -0.05) is 59.7 Å². The lowest BCUT2D eigenvalue weighted by Gasteiger charge is -2.28. The van der Waals surface area contributed by atoms with E-state index in [4.69, 9.17) is 0 Å². The fourth-order valence-electron chi connectivity index (χ4n) is 2.18. The van der Waals surface area contributed by atoms with E-state index < -0.39 is 11.9 Å². The van der Waals surface area contributed by atoms with Gasteiger partial charge in [0.25, 0.3) is 0 Å². The molecule has 0 aromatic heterocycles. The third-order valence-corrected chi connectivity index (χ3v) is 3.56. The Hall–Kier alpha value is -1.31. The van der Waals surface area contributed by atoms with Gasteiger partial charge in [0, 0.05) is 0 Å². The van der Waals surface area contributed by atoms with Gasteiger partial charge >= 0.3 is 5.97 Å². The molecule has 1 aromatic rings. The van der Waals surface area contributed by atoms with E-state index in [2.05, 4.69) is 53.7 Å². The highest BCUT2D eigenvalue weighted by Crippen LogP contribution is 2.34. The monoisotopic (exact) mass is 262 g/mol. The van der Waals surface area contributed by atoms with Gasteiger partial charge in [-0.3, -0.25) is 4.79 Å². The molecule has 1 N–H and O–H groups in total. The van der Waals surface area contributed by atoms with Crippen LogP contribution in [0.15, 0.2) is 18.2 Å². The van der Waals surface area contributed by atoms with Gasteiger partial charge in [0.15, 0.2) is 0 Å². The van der Waals surface area contributed by atoms with Crippen molar-refractivity contribution in [3.05, 3.63) is 34.9 Å². The fraction of sp³-hybridized carbons (Fsp3) is 0.588. The maximum Gasteiger partial charge on any atom is 0.310 e. The SMILES string of the molecule is CC(C(=O)O)c1ccc(C(C)(C)C)cc1C(C)(C)C. The highest BCUT2D eigenvalue weighted by molar-refractivity contribution is 5.76. The molecule has 0 aliphatic carbocycles. The molecule has 1 rings (SSSR count). The highest BCUT2D eigenvalue weighted by atomic mass is 16.4. The van der Waals surface area contributed by atoms with E-state index in [0.29, 0.717) is 0 Å². The third kappa shape index (κ3) is 3.59. The lowest BCUT2D eigenvalue weighted by Crippen LogP contribution is -2.21. The first-order valence-corrected chi connectivity index (χ1v) is 6.82. The fourth-order valence-corrected chi connectivity index (χ4v) is 2.18. The molecule has 0 saturated heterocycles. The van der Waals surface area contributed by atoms with Crippen molar-refractivity contribution in [3.8, 4) is 0 Å². The van der Waals surface area contributed by atoms with E-state index in [0.717, 1.165) is 11.1 Å². The third-order valence-electron chi connectivity index (χ3n) is 3.56. The number of carbonyl (C=O) groups is 1. The molecule has 2 nitrogen and oxygen atoms in total. The average Bonchev–Trinajstić information content (AvgIpc) is 2.24. The molecule has 0 aliphatic heterocycles. The Labute approximate surface area is 116 Å². The van der Waals surface area contributed by atoms with Crippen molar-refractivity contribution >= 4 is 5.97 Å². The van der Waals surface area contributed by atoms with Crippen molar-refractivity contribution in [1.29, 1.82) is 0 Å². The van der Waals surface area contributed by atoms with Crippen molar-refractivity contribution < 1.29 is 9.90 Å². The standard InChI is InChI=1S/C17H26O2/c1-11(15(18)19)13-9-8-12(16(2,3)4)10-14(13)17(5,6)7/h8-11H,1-7H3,(H,18,19). The minimum Gasteiger partial charge on any atom is -0.481 e. The van der Waals surface area contributed by atoms with Gasteiger partial charge in [-0.2, -0.15) is 0 Å². The minimum atomic E-state index is -0.769. The van der Waals surface area contributed by atoms with Gasteiger partial charge < -0.3 is 5.11 Å². The average molecular weight is 262 g/mol. The molecular weight excluding hydrogens is 236 g/mol. The molecular formula is C17H26O2. The van der Waals surface area contributed by atoms with Crippen molar-refractivity contribution in [2.24, 2.45) is 0 Å². The van der Waals surface area contributed by atoms with Crippen LogP contribution in [0.5, 0.6) is 0 Å². The van der Waals surface area contributed by atoms with E-state index in [-0.39, 0.29) is 10.8 Å². The largest absolute Gasteiger partial charge is 0.481 e. The molecule has 106 valence electrons. The smallest absolute Gasteiger partial charge is 0.310 e. The number of rotatable bonds is 2. The molecule has 0 spiro atoms. The van der Waals surface area contributed by atoms with E-state index >= 15 is 0 Å². The molecule has 0 amide bonds. The molecule has 0 saturated carbocycles. The maximum absolute atomic E-state index is 11.3. The molecule has 1 aromatic carbocycles. The van der Waals surface area contributed by atoms with Gasteiger partial charge in [0.1, 0.15) is 0 Å². The normalized spacial score (nSPS) is 14.3. The van der Waals surface area contributed by atoms with Crippen molar-refractivity contribution in [1.82, 2.24) is 0 Å². The molecule has 0 heterocycles. The van der Waals surface area contributed by atoms with E-state index in [1.165, 1.54) is 5.56 Å². The number of aliphatic carboxylic acids is 1. The Morgan fingerprint density at radius 2 is 1.58 bits per heavy atom. The van der Waals surface area contributed by atoms with Crippen LogP contribution in [0, 0.1) is 0 Å². The van der Waals surface area contributed by atoms with Gasteiger partial charge in [0.05, 0.1) is 5.92 Å². The second-order valence-electron chi connectivity index (χ2n) is 7.36. The van der Waals surface area contributed by atoms with Gasteiger partial charge in [-0.15, -0.1) is 0 Å². The Morgan fingerprint density at radius 1 is 1.05 bits per heavy atom. The zero-order valence-electron chi connectivity index (χ0n) is 13.2. The molecule has 0 radical (unpaired) electrons. The number of carboxylic acids is 1. The summed E-state index contributed by atoms with van der Waals surface area (Å²) >= 11 is 0. The van der Waals surface area contributed by atoms with Crippen LogP contribution in [0.2, 0.25) is 0 Å². The topological polar surface area (TPSA) is 37.3 Å². The molecule has 19 heavy (non-hydrogen) atoms. The van der Waals surface area contributed by atoms with Crippen LogP contribution in [0.25, 0.3) is 0 Å². The van der Waals surface area contributed by atoms with Crippen LogP contribution in [-0.2, 0) is 15.6 Å². The Morgan fingerprint density at radius 3 is 1.95 bits per heavy atom.